The first-order valence-electron chi connectivity index (χ1n) is 6.22. The van der Waals surface area contributed by atoms with Gasteiger partial charge in [0.15, 0.2) is 5.16 Å². The molecule has 0 spiro atoms. The molecule has 0 saturated carbocycles. The van der Waals surface area contributed by atoms with Crippen molar-refractivity contribution in [3.8, 4) is 0 Å². The number of rotatable bonds is 5. The Bertz CT molecular complexity index is 720. The molecule has 0 saturated heterocycles. The van der Waals surface area contributed by atoms with Crippen LogP contribution in [-0.4, -0.2) is 31.3 Å². The van der Waals surface area contributed by atoms with E-state index in [0.29, 0.717) is 5.75 Å². The van der Waals surface area contributed by atoms with Crippen LogP contribution in [-0.2, 0) is 12.8 Å². The molecule has 3 rings (SSSR count). The quantitative estimate of drug-likeness (QED) is 0.731. The summed E-state index contributed by atoms with van der Waals surface area (Å²) in [6.07, 6.45) is 1.69. The third-order valence-electron chi connectivity index (χ3n) is 2.72. The van der Waals surface area contributed by atoms with Gasteiger partial charge in [0.25, 0.3) is 0 Å². The molecule has 0 amide bonds. The lowest BCUT2D eigenvalue weighted by Gasteiger charge is -2.06. The fraction of sp³-hybridized carbons (Fsp3) is 0.333. The SMILES string of the molecule is CCNc1nc(CSc2nncn2C)nc2sccc12. The number of nitrogens with one attached hydrogen (secondary N) is 1. The van der Waals surface area contributed by atoms with E-state index in [9.17, 15) is 0 Å². The molecule has 0 fully saturated rings. The van der Waals surface area contributed by atoms with Crippen LogP contribution in [0.1, 0.15) is 12.7 Å². The van der Waals surface area contributed by atoms with Gasteiger partial charge in [-0.15, -0.1) is 21.5 Å². The van der Waals surface area contributed by atoms with E-state index in [4.69, 9.17) is 0 Å². The summed E-state index contributed by atoms with van der Waals surface area (Å²) in [5, 5.41) is 15.2. The van der Waals surface area contributed by atoms with E-state index < -0.39 is 0 Å². The minimum Gasteiger partial charge on any atom is -0.370 e. The van der Waals surface area contributed by atoms with Gasteiger partial charge in [-0.05, 0) is 18.4 Å². The molecular weight excluding hydrogens is 292 g/mol. The molecule has 3 heterocycles. The van der Waals surface area contributed by atoms with Gasteiger partial charge < -0.3 is 9.88 Å². The number of hydrogen-bond acceptors (Lipinski definition) is 7. The van der Waals surface area contributed by atoms with Crippen molar-refractivity contribution in [3.63, 3.8) is 0 Å². The third kappa shape index (κ3) is 2.61. The van der Waals surface area contributed by atoms with Crippen LogP contribution >= 0.6 is 23.1 Å². The second kappa shape index (κ2) is 5.76. The minimum atomic E-state index is 0.679. The minimum absolute atomic E-state index is 0.679. The van der Waals surface area contributed by atoms with Gasteiger partial charge >= 0.3 is 0 Å². The van der Waals surface area contributed by atoms with Crippen molar-refractivity contribution in [2.24, 2.45) is 7.05 Å². The molecule has 3 aromatic rings. The molecule has 0 aliphatic rings. The zero-order valence-electron chi connectivity index (χ0n) is 11.2. The highest BCUT2D eigenvalue weighted by molar-refractivity contribution is 7.98. The molecule has 1 N–H and O–H groups in total. The number of nitrogens with zero attached hydrogens (tertiary/aromatic N) is 5. The molecule has 0 aliphatic heterocycles. The molecule has 3 aromatic heterocycles. The van der Waals surface area contributed by atoms with Crippen LogP contribution in [0, 0.1) is 0 Å². The van der Waals surface area contributed by atoms with Crippen molar-refractivity contribution >= 4 is 39.1 Å². The molecule has 0 aromatic carbocycles. The third-order valence-corrected chi connectivity index (χ3v) is 4.55. The van der Waals surface area contributed by atoms with Crippen LogP contribution in [0.5, 0.6) is 0 Å². The van der Waals surface area contributed by atoms with Crippen molar-refractivity contribution < 1.29 is 0 Å². The Balaban J connectivity index is 1.85. The summed E-state index contributed by atoms with van der Waals surface area (Å²) >= 11 is 3.22. The lowest BCUT2D eigenvalue weighted by molar-refractivity contribution is 0.787. The van der Waals surface area contributed by atoms with Crippen LogP contribution in [0.2, 0.25) is 0 Å². The summed E-state index contributed by atoms with van der Waals surface area (Å²) in [5.41, 5.74) is 0. The average Bonchev–Trinajstić information content (AvgIpc) is 3.05. The second-order valence-electron chi connectivity index (χ2n) is 4.17. The van der Waals surface area contributed by atoms with Gasteiger partial charge in [-0.2, -0.15) is 0 Å². The summed E-state index contributed by atoms with van der Waals surface area (Å²) in [4.78, 5) is 10.2. The maximum Gasteiger partial charge on any atom is 0.191 e. The summed E-state index contributed by atoms with van der Waals surface area (Å²) in [7, 11) is 1.93. The van der Waals surface area contributed by atoms with E-state index in [1.54, 1.807) is 29.4 Å². The van der Waals surface area contributed by atoms with Gasteiger partial charge in [0, 0.05) is 13.6 Å². The fourth-order valence-corrected chi connectivity index (χ4v) is 3.32. The number of thioether (sulfide) groups is 1. The predicted octanol–water partition coefficient (Wildman–Crippen LogP) is 2.54. The first-order valence-corrected chi connectivity index (χ1v) is 8.09. The number of thiophene rings is 1. The highest BCUT2D eigenvalue weighted by Crippen LogP contribution is 2.27. The van der Waals surface area contributed by atoms with Crippen LogP contribution in [0.15, 0.2) is 22.9 Å². The maximum atomic E-state index is 4.60. The fourth-order valence-electron chi connectivity index (χ4n) is 1.80. The van der Waals surface area contributed by atoms with Gasteiger partial charge in [-0.25, -0.2) is 9.97 Å². The molecule has 0 bridgehead atoms. The average molecular weight is 306 g/mol. The molecule has 104 valence electrons. The molecule has 20 heavy (non-hydrogen) atoms. The summed E-state index contributed by atoms with van der Waals surface area (Å²) in [6.45, 7) is 2.91. The van der Waals surface area contributed by atoms with Gasteiger partial charge in [0.05, 0.1) is 11.1 Å². The van der Waals surface area contributed by atoms with Gasteiger partial charge in [-0.1, -0.05) is 11.8 Å². The van der Waals surface area contributed by atoms with Crippen molar-refractivity contribution in [3.05, 3.63) is 23.6 Å². The Hall–Kier alpha value is -1.67. The largest absolute Gasteiger partial charge is 0.370 e. The van der Waals surface area contributed by atoms with E-state index in [-0.39, 0.29) is 0 Å². The number of aryl methyl sites for hydroxylation is 1. The molecular formula is C12H14N6S2. The Morgan fingerprint density at radius 1 is 1.40 bits per heavy atom. The monoisotopic (exact) mass is 306 g/mol. The zero-order chi connectivity index (χ0) is 13.9. The standard InChI is InChI=1S/C12H14N6S2/c1-3-13-10-8-4-5-19-11(8)16-9(15-10)6-20-12-17-14-7-18(12)2/h4-5,7H,3,6H2,1-2H3,(H,13,15,16). The van der Waals surface area contributed by atoms with Crippen molar-refractivity contribution in [2.75, 3.05) is 11.9 Å². The van der Waals surface area contributed by atoms with Crippen molar-refractivity contribution in [1.29, 1.82) is 0 Å². The highest BCUT2D eigenvalue weighted by atomic mass is 32.2. The summed E-state index contributed by atoms with van der Waals surface area (Å²) in [5.74, 6) is 2.40. The van der Waals surface area contributed by atoms with Crippen molar-refractivity contribution in [1.82, 2.24) is 24.7 Å². The zero-order valence-corrected chi connectivity index (χ0v) is 12.8. The van der Waals surface area contributed by atoms with E-state index in [1.807, 2.05) is 17.0 Å². The second-order valence-corrected chi connectivity index (χ2v) is 6.01. The normalized spacial score (nSPS) is 11.1. The smallest absolute Gasteiger partial charge is 0.191 e. The molecule has 6 nitrogen and oxygen atoms in total. The van der Waals surface area contributed by atoms with E-state index in [2.05, 4.69) is 38.5 Å². The Morgan fingerprint density at radius 2 is 2.30 bits per heavy atom. The molecule has 0 radical (unpaired) electrons. The number of hydrogen-bond donors (Lipinski definition) is 1. The first-order chi connectivity index (χ1) is 9.78. The van der Waals surface area contributed by atoms with Crippen LogP contribution in [0.25, 0.3) is 10.2 Å². The Labute approximate surface area is 124 Å². The van der Waals surface area contributed by atoms with E-state index in [1.165, 1.54) is 0 Å². The number of aromatic nitrogens is 5. The first kappa shape index (κ1) is 13.3. The molecule has 0 unspecified atom stereocenters. The lowest BCUT2D eigenvalue weighted by Crippen LogP contribution is -2.03. The summed E-state index contributed by atoms with van der Waals surface area (Å²) < 4.78 is 1.89. The molecule has 0 atom stereocenters. The molecule has 0 aliphatic carbocycles. The number of anilines is 1. The van der Waals surface area contributed by atoms with Gasteiger partial charge in [0.1, 0.15) is 22.8 Å². The summed E-state index contributed by atoms with van der Waals surface area (Å²) in [6, 6.07) is 2.05. The van der Waals surface area contributed by atoms with E-state index >= 15 is 0 Å². The van der Waals surface area contributed by atoms with Crippen LogP contribution < -0.4 is 5.32 Å². The van der Waals surface area contributed by atoms with Crippen LogP contribution in [0.3, 0.4) is 0 Å². The topological polar surface area (TPSA) is 68.5 Å². The molecule has 8 heteroatoms. The van der Waals surface area contributed by atoms with Gasteiger partial charge in [0.2, 0.25) is 0 Å². The Kier molecular flexibility index (Phi) is 3.83. The van der Waals surface area contributed by atoms with Gasteiger partial charge in [-0.3, -0.25) is 0 Å². The van der Waals surface area contributed by atoms with Crippen LogP contribution in [0.4, 0.5) is 5.82 Å². The predicted molar refractivity (Wildman–Crippen MR) is 82.1 cm³/mol. The lowest BCUT2D eigenvalue weighted by atomic mass is 10.3. The highest BCUT2D eigenvalue weighted by Gasteiger charge is 2.10. The van der Waals surface area contributed by atoms with E-state index in [0.717, 1.165) is 33.6 Å². The Morgan fingerprint density at radius 3 is 3.05 bits per heavy atom. The number of fused-ring (bicyclic) bond motifs is 1. The maximum absolute atomic E-state index is 4.60. The van der Waals surface area contributed by atoms with Crippen molar-refractivity contribution in [2.45, 2.75) is 17.8 Å².